The maximum atomic E-state index is 12.3. The SMILES string of the molecule is Cc1nccnc1CCNC(=O)c1cn(C)nc1C(C)C. The number of carbonyl (C=O) groups excluding carboxylic acids is 1. The molecule has 2 heterocycles. The van der Waals surface area contributed by atoms with Crippen molar-refractivity contribution in [2.24, 2.45) is 7.05 Å². The van der Waals surface area contributed by atoms with Crippen molar-refractivity contribution in [1.29, 1.82) is 0 Å². The largest absolute Gasteiger partial charge is 0.352 e. The van der Waals surface area contributed by atoms with Crippen LogP contribution in [0, 0.1) is 6.92 Å². The average Bonchev–Trinajstić information content (AvgIpc) is 2.83. The van der Waals surface area contributed by atoms with Gasteiger partial charge < -0.3 is 5.32 Å². The summed E-state index contributed by atoms with van der Waals surface area (Å²) in [6, 6.07) is 0. The minimum Gasteiger partial charge on any atom is -0.352 e. The third kappa shape index (κ3) is 3.65. The predicted molar refractivity (Wildman–Crippen MR) is 80.1 cm³/mol. The fraction of sp³-hybridized carbons (Fsp3) is 0.467. The summed E-state index contributed by atoms with van der Waals surface area (Å²) in [4.78, 5) is 20.7. The van der Waals surface area contributed by atoms with E-state index in [0.29, 0.717) is 18.5 Å². The number of rotatable bonds is 5. The molecule has 1 N–H and O–H groups in total. The van der Waals surface area contributed by atoms with Gasteiger partial charge in [-0.2, -0.15) is 5.10 Å². The van der Waals surface area contributed by atoms with Crippen molar-refractivity contribution in [2.75, 3.05) is 6.54 Å². The highest BCUT2D eigenvalue weighted by atomic mass is 16.1. The Morgan fingerprint density at radius 3 is 2.71 bits per heavy atom. The maximum Gasteiger partial charge on any atom is 0.254 e. The Morgan fingerprint density at radius 1 is 1.33 bits per heavy atom. The van der Waals surface area contributed by atoms with E-state index in [2.05, 4.69) is 20.4 Å². The van der Waals surface area contributed by atoms with Crippen molar-refractivity contribution in [3.05, 3.63) is 41.2 Å². The van der Waals surface area contributed by atoms with Crippen LogP contribution < -0.4 is 5.32 Å². The molecule has 0 aliphatic carbocycles. The molecule has 0 bridgehead atoms. The monoisotopic (exact) mass is 287 g/mol. The van der Waals surface area contributed by atoms with Crippen LogP contribution in [-0.4, -0.2) is 32.2 Å². The van der Waals surface area contributed by atoms with E-state index >= 15 is 0 Å². The second-order valence-electron chi connectivity index (χ2n) is 5.35. The van der Waals surface area contributed by atoms with Gasteiger partial charge in [0, 0.05) is 38.6 Å². The Bertz CT molecular complexity index is 633. The molecule has 2 aromatic heterocycles. The molecule has 0 aliphatic heterocycles. The lowest BCUT2D eigenvalue weighted by atomic mass is 10.1. The zero-order chi connectivity index (χ0) is 15.4. The van der Waals surface area contributed by atoms with Crippen LogP contribution in [0.3, 0.4) is 0 Å². The molecule has 6 heteroatoms. The highest BCUT2D eigenvalue weighted by molar-refractivity contribution is 5.95. The van der Waals surface area contributed by atoms with Crippen LogP contribution in [0.25, 0.3) is 0 Å². The number of hydrogen-bond acceptors (Lipinski definition) is 4. The van der Waals surface area contributed by atoms with Crippen LogP contribution in [0.2, 0.25) is 0 Å². The van der Waals surface area contributed by atoms with E-state index in [-0.39, 0.29) is 11.8 Å². The summed E-state index contributed by atoms with van der Waals surface area (Å²) in [5.74, 6) is 0.127. The summed E-state index contributed by atoms with van der Waals surface area (Å²) in [6.07, 6.45) is 5.77. The summed E-state index contributed by atoms with van der Waals surface area (Å²) in [7, 11) is 1.82. The minimum absolute atomic E-state index is 0.0895. The molecule has 0 unspecified atom stereocenters. The van der Waals surface area contributed by atoms with Crippen LogP contribution in [0.5, 0.6) is 0 Å². The lowest BCUT2D eigenvalue weighted by Crippen LogP contribution is -2.27. The first kappa shape index (κ1) is 15.2. The van der Waals surface area contributed by atoms with Crippen molar-refractivity contribution in [1.82, 2.24) is 25.1 Å². The van der Waals surface area contributed by atoms with Crippen molar-refractivity contribution in [2.45, 2.75) is 33.1 Å². The van der Waals surface area contributed by atoms with Crippen molar-refractivity contribution in [3.63, 3.8) is 0 Å². The van der Waals surface area contributed by atoms with Gasteiger partial charge in [0.05, 0.1) is 22.6 Å². The van der Waals surface area contributed by atoms with Gasteiger partial charge in [0.15, 0.2) is 0 Å². The molecule has 0 fully saturated rings. The van der Waals surface area contributed by atoms with Gasteiger partial charge in [-0.05, 0) is 12.8 Å². The van der Waals surface area contributed by atoms with Gasteiger partial charge in [0.25, 0.3) is 5.91 Å². The quantitative estimate of drug-likeness (QED) is 0.907. The molecule has 0 saturated heterocycles. The average molecular weight is 287 g/mol. The summed E-state index contributed by atoms with van der Waals surface area (Å²) in [5.41, 5.74) is 3.28. The Hall–Kier alpha value is -2.24. The van der Waals surface area contributed by atoms with Crippen molar-refractivity contribution in [3.8, 4) is 0 Å². The molecule has 0 aromatic carbocycles. The fourth-order valence-electron chi connectivity index (χ4n) is 2.18. The number of aryl methyl sites for hydroxylation is 2. The molecule has 1 amide bonds. The molecule has 2 aromatic rings. The van der Waals surface area contributed by atoms with Crippen molar-refractivity contribution >= 4 is 5.91 Å². The lowest BCUT2D eigenvalue weighted by molar-refractivity contribution is 0.0952. The third-order valence-corrected chi connectivity index (χ3v) is 3.28. The topological polar surface area (TPSA) is 72.7 Å². The van der Waals surface area contributed by atoms with Gasteiger partial charge in [-0.3, -0.25) is 19.4 Å². The first-order valence-electron chi connectivity index (χ1n) is 7.07. The Kier molecular flexibility index (Phi) is 4.67. The first-order chi connectivity index (χ1) is 9.99. The number of aromatic nitrogens is 4. The van der Waals surface area contributed by atoms with Gasteiger partial charge in [0.2, 0.25) is 0 Å². The second-order valence-corrected chi connectivity index (χ2v) is 5.35. The number of nitrogens with one attached hydrogen (secondary N) is 1. The zero-order valence-corrected chi connectivity index (χ0v) is 12.9. The van der Waals surface area contributed by atoms with E-state index in [1.165, 1.54) is 0 Å². The highest BCUT2D eigenvalue weighted by Crippen LogP contribution is 2.16. The maximum absolute atomic E-state index is 12.3. The van der Waals surface area contributed by atoms with Crippen LogP contribution in [0.1, 0.15) is 47.2 Å². The molecule has 6 nitrogen and oxygen atoms in total. The van der Waals surface area contributed by atoms with E-state index in [1.54, 1.807) is 23.3 Å². The van der Waals surface area contributed by atoms with Gasteiger partial charge in [-0.25, -0.2) is 0 Å². The number of carbonyl (C=O) groups is 1. The molecule has 2 rings (SSSR count). The molecular weight excluding hydrogens is 266 g/mol. The van der Waals surface area contributed by atoms with E-state index in [1.807, 2.05) is 27.8 Å². The molecular formula is C15H21N5O. The van der Waals surface area contributed by atoms with Gasteiger partial charge in [0.1, 0.15) is 0 Å². The van der Waals surface area contributed by atoms with Gasteiger partial charge >= 0.3 is 0 Å². The van der Waals surface area contributed by atoms with Gasteiger partial charge in [-0.15, -0.1) is 0 Å². The molecule has 0 spiro atoms. The summed E-state index contributed by atoms with van der Waals surface area (Å²) < 4.78 is 1.68. The van der Waals surface area contributed by atoms with Crippen molar-refractivity contribution < 1.29 is 4.79 Å². The smallest absolute Gasteiger partial charge is 0.254 e. The summed E-state index contributed by atoms with van der Waals surface area (Å²) >= 11 is 0. The minimum atomic E-state index is -0.0895. The second kappa shape index (κ2) is 6.47. The number of amides is 1. The first-order valence-corrected chi connectivity index (χ1v) is 7.07. The van der Waals surface area contributed by atoms with E-state index in [9.17, 15) is 4.79 Å². The zero-order valence-electron chi connectivity index (χ0n) is 12.9. The predicted octanol–water partition coefficient (Wildman–Crippen LogP) is 1.61. The lowest BCUT2D eigenvalue weighted by Gasteiger charge is -2.07. The van der Waals surface area contributed by atoms with Crippen LogP contribution in [0.4, 0.5) is 0 Å². The van der Waals surface area contributed by atoms with Crippen LogP contribution in [0.15, 0.2) is 18.6 Å². The number of hydrogen-bond donors (Lipinski definition) is 1. The molecule has 0 atom stereocenters. The summed E-state index contributed by atoms with van der Waals surface area (Å²) in [5, 5.41) is 7.27. The normalized spacial score (nSPS) is 10.9. The van der Waals surface area contributed by atoms with Crippen LogP contribution >= 0.6 is 0 Å². The van der Waals surface area contributed by atoms with Crippen LogP contribution in [-0.2, 0) is 13.5 Å². The van der Waals surface area contributed by atoms with E-state index in [4.69, 9.17) is 0 Å². The Morgan fingerprint density at radius 2 is 2.05 bits per heavy atom. The Balaban J connectivity index is 1.98. The molecule has 0 radical (unpaired) electrons. The van der Waals surface area contributed by atoms with E-state index < -0.39 is 0 Å². The summed E-state index contributed by atoms with van der Waals surface area (Å²) in [6.45, 7) is 6.51. The highest BCUT2D eigenvalue weighted by Gasteiger charge is 2.17. The standard InChI is InChI=1S/C15H21N5O/c1-10(2)14-12(9-20(4)19-14)15(21)18-6-5-13-11(3)16-7-8-17-13/h7-10H,5-6H2,1-4H3,(H,18,21). The molecule has 0 saturated carbocycles. The number of nitrogens with zero attached hydrogens (tertiary/aromatic N) is 4. The fourth-order valence-corrected chi connectivity index (χ4v) is 2.18. The van der Waals surface area contributed by atoms with Gasteiger partial charge in [-0.1, -0.05) is 13.8 Å². The van der Waals surface area contributed by atoms with E-state index in [0.717, 1.165) is 17.1 Å². The third-order valence-electron chi connectivity index (χ3n) is 3.28. The molecule has 21 heavy (non-hydrogen) atoms. The Labute approximate surface area is 124 Å². The molecule has 0 aliphatic rings. The molecule has 112 valence electrons.